The zero-order valence-corrected chi connectivity index (χ0v) is 9.56. The summed E-state index contributed by atoms with van der Waals surface area (Å²) in [6, 6.07) is 8.67. The summed E-state index contributed by atoms with van der Waals surface area (Å²) in [5, 5.41) is 0.743. The number of pyridine rings is 1. The van der Waals surface area contributed by atoms with Crippen LogP contribution in [-0.2, 0) is 4.74 Å². The minimum absolute atomic E-state index is 0.103. The van der Waals surface area contributed by atoms with E-state index in [2.05, 4.69) is 9.72 Å². The highest BCUT2D eigenvalue weighted by molar-refractivity contribution is 6.08. The van der Waals surface area contributed by atoms with Crippen molar-refractivity contribution >= 4 is 22.7 Å². The van der Waals surface area contributed by atoms with Gasteiger partial charge in [-0.1, -0.05) is 18.2 Å². The van der Waals surface area contributed by atoms with Crippen LogP contribution in [-0.4, -0.2) is 23.8 Å². The van der Waals surface area contributed by atoms with Gasteiger partial charge in [0, 0.05) is 10.9 Å². The summed E-state index contributed by atoms with van der Waals surface area (Å²) < 4.78 is 4.61. The van der Waals surface area contributed by atoms with Crippen LogP contribution in [0.1, 0.15) is 27.8 Å². The lowest BCUT2D eigenvalue weighted by Gasteiger charge is -2.05. The number of nitrogens with zero attached hydrogens (tertiary/aromatic N) is 1. The lowest BCUT2D eigenvalue weighted by Crippen LogP contribution is -2.07. The molecular formula is C13H11NO3. The van der Waals surface area contributed by atoms with Gasteiger partial charge in [0.25, 0.3) is 0 Å². The van der Waals surface area contributed by atoms with Gasteiger partial charge in [0.15, 0.2) is 5.78 Å². The van der Waals surface area contributed by atoms with Crippen LogP contribution < -0.4 is 0 Å². The molecule has 0 amide bonds. The molecule has 0 radical (unpaired) electrons. The SMILES string of the molecule is COC(=O)c1cc(C(C)=O)c2ccccc2n1. The minimum Gasteiger partial charge on any atom is -0.464 e. The van der Waals surface area contributed by atoms with E-state index in [1.807, 2.05) is 6.07 Å². The molecule has 2 rings (SSSR count). The van der Waals surface area contributed by atoms with Crippen molar-refractivity contribution in [2.24, 2.45) is 0 Å². The summed E-state index contributed by atoms with van der Waals surface area (Å²) in [6.07, 6.45) is 0. The maximum atomic E-state index is 11.5. The molecular weight excluding hydrogens is 218 g/mol. The fraction of sp³-hybridized carbons (Fsp3) is 0.154. The number of ether oxygens (including phenoxy) is 1. The molecule has 17 heavy (non-hydrogen) atoms. The maximum absolute atomic E-state index is 11.5. The fourth-order valence-electron chi connectivity index (χ4n) is 1.68. The molecule has 4 heteroatoms. The first-order valence-corrected chi connectivity index (χ1v) is 5.12. The van der Waals surface area contributed by atoms with Crippen LogP contribution in [0, 0.1) is 0 Å². The Labute approximate surface area is 98.2 Å². The zero-order chi connectivity index (χ0) is 12.4. The van der Waals surface area contributed by atoms with Crippen molar-refractivity contribution in [2.75, 3.05) is 7.11 Å². The van der Waals surface area contributed by atoms with Gasteiger partial charge in [-0.05, 0) is 19.1 Å². The molecule has 0 spiro atoms. The number of hydrogen-bond donors (Lipinski definition) is 0. The van der Waals surface area contributed by atoms with Crippen molar-refractivity contribution < 1.29 is 14.3 Å². The molecule has 1 aromatic heterocycles. The Hall–Kier alpha value is -2.23. The molecule has 0 aliphatic heterocycles. The van der Waals surface area contributed by atoms with Crippen LogP contribution in [0.15, 0.2) is 30.3 Å². The highest BCUT2D eigenvalue weighted by atomic mass is 16.5. The van der Waals surface area contributed by atoms with Crippen molar-refractivity contribution in [3.63, 3.8) is 0 Å². The van der Waals surface area contributed by atoms with Crippen LogP contribution in [0.4, 0.5) is 0 Å². The number of hydrogen-bond acceptors (Lipinski definition) is 4. The molecule has 1 heterocycles. The standard InChI is InChI=1S/C13H11NO3/c1-8(15)10-7-12(13(16)17-2)14-11-6-4-3-5-9(10)11/h3-7H,1-2H3. The van der Waals surface area contributed by atoms with E-state index in [4.69, 9.17) is 0 Å². The molecule has 2 aromatic rings. The molecule has 0 saturated heterocycles. The molecule has 0 saturated carbocycles. The lowest BCUT2D eigenvalue weighted by atomic mass is 10.0. The van der Waals surface area contributed by atoms with Crippen molar-refractivity contribution in [2.45, 2.75) is 6.92 Å². The third-order valence-electron chi connectivity index (χ3n) is 2.49. The molecule has 1 aromatic carbocycles. The van der Waals surface area contributed by atoms with E-state index in [0.717, 1.165) is 5.39 Å². The van der Waals surface area contributed by atoms with Crippen molar-refractivity contribution in [3.05, 3.63) is 41.6 Å². The lowest BCUT2D eigenvalue weighted by molar-refractivity contribution is 0.0594. The summed E-state index contributed by atoms with van der Waals surface area (Å²) in [5.41, 5.74) is 1.24. The predicted octanol–water partition coefficient (Wildman–Crippen LogP) is 2.22. The first-order chi connectivity index (χ1) is 8.13. The highest BCUT2D eigenvalue weighted by Gasteiger charge is 2.14. The van der Waals surface area contributed by atoms with Crippen molar-refractivity contribution in [1.29, 1.82) is 0 Å². The molecule has 0 aliphatic carbocycles. The molecule has 0 aliphatic rings. The summed E-state index contributed by atoms with van der Waals surface area (Å²) in [6.45, 7) is 1.46. The average Bonchev–Trinajstić information content (AvgIpc) is 2.36. The number of Topliss-reactive ketones (excluding diaryl/α,β-unsaturated/α-hetero) is 1. The van der Waals surface area contributed by atoms with E-state index in [9.17, 15) is 9.59 Å². The van der Waals surface area contributed by atoms with Crippen molar-refractivity contribution in [3.8, 4) is 0 Å². The molecule has 0 N–H and O–H groups in total. The number of carbonyl (C=O) groups excluding carboxylic acids is 2. The van der Waals surface area contributed by atoms with E-state index in [1.165, 1.54) is 20.1 Å². The Kier molecular flexibility index (Phi) is 2.87. The number of aromatic nitrogens is 1. The van der Waals surface area contributed by atoms with E-state index < -0.39 is 5.97 Å². The number of fused-ring (bicyclic) bond motifs is 1. The monoisotopic (exact) mass is 229 g/mol. The fourth-order valence-corrected chi connectivity index (χ4v) is 1.68. The number of benzene rings is 1. The number of esters is 1. The van der Waals surface area contributed by atoms with Gasteiger partial charge < -0.3 is 4.74 Å². The van der Waals surface area contributed by atoms with E-state index in [0.29, 0.717) is 11.1 Å². The average molecular weight is 229 g/mol. The Morgan fingerprint density at radius 3 is 2.59 bits per heavy atom. The second-order valence-electron chi connectivity index (χ2n) is 3.62. The van der Waals surface area contributed by atoms with Gasteiger partial charge >= 0.3 is 5.97 Å². The summed E-state index contributed by atoms with van der Waals surface area (Å²) in [7, 11) is 1.28. The van der Waals surface area contributed by atoms with E-state index >= 15 is 0 Å². The van der Waals surface area contributed by atoms with Crippen LogP contribution in [0.2, 0.25) is 0 Å². The maximum Gasteiger partial charge on any atom is 0.356 e. The van der Waals surface area contributed by atoms with Crippen LogP contribution in [0.25, 0.3) is 10.9 Å². The summed E-state index contributed by atoms with van der Waals surface area (Å²) in [4.78, 5) is 27.1. The third kappa shape index (κ3) is 2.01. The Balaban J connectivity index is 2.76. The quantitative estimate of drug-likeness (QED) is 0.585. The van der Waals surface area contributed by atoms with Crippen molar-refractivity contribution in [1.82, 2.24) is 4.98 Å². The zero-order valence-electron chi connectivity index (χ0n) is 9.56. The van der Waals surface area contributed by atoms with Gasteiger partial charge in [0.2, 0.25) is 0 Å². The number of rotatable bonds is 2. The topological polar surface area (TPSA) is 56.3 Å². The molecule has 0 fully saturated rings. The van der Waals surface area contributed by atoms with Gasteiger partial charge in [-0.2, -0.15) is 0 Å². The van der Waals surface area contributed by atoms with Crippen LogP contribution in [0.3, 0.4) is 0 Å². The largest absolute Gasteiger partial charge is 0.464 e. The van der Waals surface area contributed by atoms with Crippen LogP contribution in [0.5, 0.6) is 0 Å². The molecule has 86 valence electrons. The first kappa shape index (κ1) is 11.3. The highest BCUT2D eigenvalue weighted by Crippen LogP contribution is 2.19. The number of para-hydroxylation sites is 1. The Morgan fingerprint density at radius 1 is 1.24 bits per heavy atom. The number of carbonyl (C=O) groups is 2. The second-order valence-corrected chi connectivity index (χ2v) is 3.62. The molecule has 4 nitrogen and oxygen atoms in total. The second kappa shape index (κ2) is 4.33. The Bertz CT molecular complexity index is 605. The van der Waals surface area contributed by atoms with Gasteiger partial charge in [0.05, 0.1) is 12.6 Å². The third-order valence-corrected chi connectivity index (χ3v) is 2.49. The predicted molar refractivity (Wildman–Crippen MR) is 63.1 cm³/mol. The van der Waals surface area contributed by atoms with Crippen LogP contribution >= 0.6 is 0 Å². The first-order valence-electron chi connectivity index (χ1n) is 5.12. The normalized spacial score (nSPS) is 10.2. The number of ketones is 1. The summed E-state index contributed by atoms with van der Waals surface area (Å²) >= 11 is 0. The van der Waals surface area contributed by atoms with E-state index in [1.54, 1.807) is 18.2 Å². The Morgan fingerprint density at radius 2 is 1.94 bits per heavy atom. The molecule has 0 atom stereocenters. The van der Waals surface area contributed by atoms with Gasteiger partial charge in [0.1, 0.15) is 5.69 Å². The number of methoxy groups -OCH3 is 1. The van der Waals surface area contributed by atoms with E-state index in [-0.39, 0.29) is 11.5 Å². The van der Waals surface area contributed by atoms with Gasteiger partial charge in [-0.25, -0.2) is 9.78 Å². The molecule has 0 unspecified atom stereocenters. The van der Waals surface area contributed by atoms with Gasteiger partial charge in [-0.3, -0.25) is 4.79 Å². The van der Waals surface area contributed by atoms with Gasteiger partial charge in [-0.15, -0.1) is 0 Å². The minimum atomic E-state index is -0.543. The summed E-state index contributed by atoms with van der Waals surface area (Å²) in [5.74, 6) is -0.646. The smallest absolute Gasteiger partial charge is 0.356 e. The molecule has 0 bridgehead atoms.